The number of likely N-dealkylation sites (N-methyl/N-ethyl adjacent to an activating group) is 1. The Balaban J connectivity index is 2.34. The van der Waals surface area contributed by atoms with Crippen LogP contribution in [0.25, 0.3) is 0 Å². The molecular formula is C12H21ClN4O2S. The molecule has 0 unspecified atom stereocenters. The molecule has 0 saturated carbocycles. The summed E-state index contributed by atoms with van der Waals surface area (Å²) in [6, 6.07) is 0. The Hall–Kier alpha value is -0.630. The summed E-state index contributed by atoms with van der Waals surface area (Å²) >= 11 is 5.72. The van der Waals surface area contributed by atoms with Gasteiger partial charge in [0.1, 0.15) is 4.90 Å². The molecule has 1 aliphatic rings. The fraction of sp³-hybridized carbons (Fsp3) is 0.750. The third-order valence-corrected chi connectivity index (χ3v) is 5.99. The molecule has 20 heavy (non-hydrogen) atoms. The molecule has 0 atom stereocenters. The van der Waals surface area contributed by atoms with Gasteiger partial charge >= 0.3 is 0 Å². The third kappa shape index (κ3) is 2.86. The van der Waals surface area contributed by atoms with Crippen LogP contribution in [0, 0.1) is 13.8 Å². The predicted molar refractivity (Wildman–Crippen MR) is 78.7 cm³/mol. The van der Waals surface area contributed by atoms with Crippen molar-refractivity contribution >= 4 is 21.6 Å². The van der Waals surface area contributed by atoms with Gasteiger partial charge in [0, 0.05) is 32.1 Å². The fourth-order valence-corrected chi connectivity index (χ4v) is 4.46. The van der Waals surface area contributed by atoms with Gasteiger partial charge in [-0.15, -0.1) is 11.6 Å². The van der Waals surface area contributed by atoms with Gasteiger partial charge in [-0.05, 0) is 20.9 Å². The lowest BCUT2D eigenvalue weighted by molar-refractivity contribution is 0.222. The van der Waals surface area contributed by atoms with Crippen molar-refractivity contribution in [1.82, 2.24) is 19.0 Å². The van der Waals surface area contributed by atoms with E-state index < -0.39 is 10.0 Å². The number of alkyl halides is 1. The minimum Gasteiger partial charge on any atom is -0.304 e. The molecule has 0 bridgehead atoms. The topological polar surface area (TPSA) is 58.4 Å². The minimum absolute atomic E-state index is 0.340. The highest BCUT2D eigenvalue weighted by Crippen LogP contribution is 2.24. The maximum atomic E-state index is 12.8. The van der Waals surface area contributed by atoms with Gasteiger partial charge in [0.05, 0.1) is 17.9 Å². The van der Waals surface area contributed by atoms with Crippen LogP contribution in [0.5, 0.6) is 0 Å². The van der Waals surface area contributed by atoms with Gasteiger partial charge in [-0.1, -0.05) is 0 Å². The molecule has 1 saturated heterocycles. The first-order valence-electron chi connectivity index (χ1n) is 6.66. The zero-order valence-electron chi connectivity index (χ0n) is 12.1. The smallest absolute Gasteiger partial charge is 0.246 e. The lowest BCUT2D eigenvalue weighted by Crippen LogP contribution is -2.47. The van der Waals surface area contributed by atoms with Gasteiger partial charge in [-0.3, -0.25) is 4.68 Å². The molecule has 8 heteroatoms. The number of aromatic nitrogens is 2. The quantitative estimate of drug-likeness (QED) is 0.765. The zero-order chi connectivity index (χ0) is 14.9. The fourth-order valence-electron chi connectivity index (χ4n) is 2.51. The molecule has 0 spiro atoms. The highest BCUT2D eigenvalue weighted by molar-refractivity contribution is 7.89. The molecule has 0 amide bonds. The summed E-state index contributed by atoms with van der Waals surface area (Å²) in [6.45, 7) is 6.61. The summed E-state index contributed by atoms with van der Waals surface area (Å²) in [5.41, 5.74) is 1.22. The number of piperazine rings is 1. The van der Waals surface area contributed by atoms with Crippen molar-refractivity contribution in [1.29, 1.82) is 0 Å². The van der Waals surface area contributed by atoms with Gasteiger partial charge in [0.25, 0.3) is 0 Å². The number of hydrogen-bond acceptors (Lipinski definition) is 4. The van der Waals surface area contributed by atoms with E-state index in [-0.39, 0.29) is 0 Å². The third-order valence-electron chi connectivity index (χ3n) is 3.67. The Morgan fingerprint density at radius 1 is 1.20 bits per heavy atom. The largest absolute Gasteiger partial charge is 0.304 e. The van der Waals surface area contributed by atoms with E-state index in [9.17, 15) is 8.42 Å². The van der Waals surface area contributed by atoms with Crippen molar-refractivity contribution in [3.8, 4) is 0 Å². The Morgan fingerprint density at radius 3 is 2.35 bits per heavy atom. The second-order valence-corrected chi connectivity index (χ2v) is 7.37. The van der Waals surface area contributed by atoms with Gasteiger partial charge < -0.3 is 4.90 Å². The number of halogens is 1. The second-order valence-electron chi connectivity index (χ2n) is 5.12. The van der Waals surface area contributed by atoms with Crippen LogP contribution < -0.4 is 0 Å². The van der Waals surface area contributed by atoms with Crippen molar-refractivity contribution < 1.29 is 8.42 Å². The molecule has 114 valence electrons. The molecule has 2 rings (SSSR count). The number of hydrogen-bond donors (Lipinski definition) is 0. The molecule has 1 fully saturated rings. The number of sulfonamides is 1. The van der Waals surface area contributed by atoms with Gasteiger partial charge in [-0.25, -0.2) is 8.42 Å². The Bertz CT molecular complexity index is 577. The normalized spacial score (nSPS) is 18.6. The van der Waals surface area contributed by atoms with Crippen LogP contribution in [0.4, 0.5) is 0 Å². The predicted octanol–water partition coefficient (Wildman–Crippen LogP) is 0.675. The van der Waals surface area contributed by atoms with E-state index >= 15 is 0 Å². The molecule has 0 N–H and O–H groups in total. The first kappa shape index (κ1) is 15.8. The van der Waals surface area contributed by atoms with Crippen LogP contribution in [0.1, 0.15) is 11.4 Å². The molecule has 0 aromatic carbocycles. The maximum absolute atomic E-state index is 12.8. The van der Waals surface area contributed by atoms with Gasteiger partial charge in [0.15, 0.2) is 0 Å². The second kappa shape index (κ2) is 6.01. The number of nitrogens with zero attached hydrogens (tertiary/aromatic N) is 4. The van der Waals surface area contributed by atoms with E-state index in [4.69, 9.17) is 11.6 Å². The summed E-state index contributed by atoms with van der Waals surface area (Å²) in [4.78, 5) is 2.47. The number of aryl methyl sites for hydroxylation is 2. The average molecular weight is 321 g/mol. The monoisotopic (exact) mass is 320 g/mol. The van der Waals surface area contributed by atoms with Crippen LogP contribution in [0.2, 0.25) is 0 Å². The Kier molecular flexibility index (Phi) is 4.73. The van der Waals surface area contributed by atoms with Gasteiger partial charge in [0.2, 0.25) is 10.0 Å². The van der Waals surface area contributed by atoms with Crippen molar-refractivity contribution in [2.45, 2.75) is 25.3 Å². The molecule has 0 radical (unpaired) electrons. The van der Waals surface area contributed by atoms with E-state index in [0.29, 0.717) is 41.8 Å². The lowest BCUT2D eigenvalue weighted by atomic mass is 10.4. The zero-order valence-corrected chi connectivity index (χ0v) is 13.7. The van der Waals surface area contributed by atoms with Crippen LogP contribution >= 0.6 is 11.6 Å². The molecule has 1 aromatic rings. The molecule has 6 nitrogen and oxygen atoms in total. The highest BCUT2D eigenvalue weighted by atomic mass is 35.5. The Morgan fingerprint density at radius 2 is 1.80 bits per heavy atom. The summed E-state index contributed by atoms with van der Waals surface area (Å²) < 4.78 is 28.8. The van der Waals surface area contributed by atoms with Crippen molar-refractivity contribution in [2.75, 3.05) is 39.1 Å². The first-order chi connectivity index (χ1) is 9.37. The van der Waals surface area contributed by atoms with Crippen LogP contribution in [0.15, 0.2) is 4.90 Å². The summed E-state index contributed by atoms with van der Waals surface area (Å²) in [5.74, 6) is 0.413. The number of rotatable bonds is 4. The molecular weight excluding hydrogens is 300 g/mol. The minimum atomic E-state index is -3.46. The molecule has 1 aliphatic heterocycles. The Labute approximate surface area is 125 Å². The average Bonchev–Trinajstić information content (AvgIpc) is 2.66. The van der Waals surface area contributed by atoms with Crippen molar-refractivity contribution in [3.05, 3.63) is 11.4 Å². The van der Waals surface area contributed by atoms with Crippen LogP contribution in [0.3, 0.4) is 0 Å². The molecule has 2 heterocycles. The van der Waals surface area contributed by atoms with Crippen molar-refractivity contribution in [3.63, 3.8) is 0 Å². The summed E-state index contributed by atoms with van der Waals surface area (Å²) in [5, 5.41) is 4.29. The standard InChI is InChI=1S/C12H21ClN4O2S/c1-10-12(11(2)17(14-10)5-4-13)20(18,19)16-8-6-15(3)7-9-16/h4-9H2,1-3H3. The summed E-state index contributed by atoms with van der Waals surface area (Å²) in [6.07, 6.45) is 0. The highest BCUT2D eigenvalue weighted by Gasteiger charge is 2.32. The van der Waals surface area contributed by atoms with Crippen LogP contribution in [-0.4, -0.2) is 66.5 Å². The van der Waals surface area contributed by atoms with E-state index in [1.165, 1.54) is 0 Å². The van der Waals surface area contributed by atoms with E-state index in [0.717, 1.165) is 13.1 Å². The van der Waals surface area contributed by atoms with E-state index in [1.54, 1.807) is 22.8 Å². The SMILES string of the molecule is Cc1nn(CCCl)c(C)c1S(=O)(=O)N1CCN(C)CC1. The molecule has 0 aliphatic carbocycles. The maximum Gasteiger partial charge on any atom is 0.246 e. The van der Waals surface area contributed by atoms with Crippen molar-refractivity contribution in [2.24, 2.45) is 0 Å². The van der Waals surface area contributed by atoms with E-state index in [1.807, 2.05) is 7.05 Å². The molecule has 1 aromatic heterocycles. The lowest BCUT2D eigenvalue weighted by Gasteiger charge is -2.31. The van der Waals surface area contributed by atoms with Gasteiger partial charge in [-0.2, -0.15) is 9.40 Å². The summed E-state index contributed by atoms with van der Waals surface area (Å²) in [7, 11) is -1.47. The van der Waals surface area contributed by atoms with E-state index in [2.05, 4.69) is 10.00 Å². The first-order valence-corrected chi connectivity index (χ1v) is 8.64. The van der Waals surface area contributed by atoms with Crippen LogP contribution in [-0.2, 0) is 16.6 Å².